The lowest BCUT2D eigenvalue weighted by Crippen LogP contribution is -2.44. The van der Waals surface area contributed by atoms with Crippen LogP contribution in [0.1, 0.15) is 24.2 Å². The van der Waals surface area contributed by atoms with Crippen LogP contribution in [-0.4, -0.2) is 42.6 Å². The third-order valence-electron chi connectivity index (χ3n) is 3.20. The Labute approximate surface area is 117 Å². The van der Waals surface area contributed by atoms with E-state index in [-0.39, 0.29) is 6.04 Å². The molecule has 2 rings (SSSR count). The molecule has 4 nitrogen and oxygen atoms in total. The van der Waals surface area contributed by atoms with Crippen LogP contribution in [0.3, 0.4) is 0 Å². The molecule has 5 heteroatoms. The molecule has 0 saturated carbocycles. The number of hydrogen-bond donors (Lipinski definition) is 1. The Bertz CT molecular complexity index is 464. The third-order valence-corrected chi connectivity index (χ3v) is 4.13. The first-order chi connectivity index (χ1) is 9.15. The number of rotatable bonds is 4. The van der Waals surface area contributed by atoms with E-state index in [1.165, 1.54) is 0 Å². The predicted octanol–water partition coefficient (Wildman–Crippen LogP) is 2.72. The van der Waals surface area contributed by atoms with Gasteiger partial charge in [-0.3, -0.25) is 0 Å². The molecule has 0 radical (unpaired) electrons. The number of hydrogen-bond acceptors (Lipinski definition) is 4. The summed E-state index contributed by atoms with van der Waals surface area (Å²) in [6, 6.07) is 5.91. The first kappa shape index (κ1) is 14.2. The first-order valence-electron chi connectivity index (χ1n) is 6.48. The Morgan fingerprint density at radius 2 is 2.37 bits per heavy atom. The molecule has 1 aromatic carbocycles. The van der Waals surface area contributed by atoms with Crippen molar-refractivity contribution in [3.05, 3.63) is 23.8 Å². The van der Waals surface area contributed by atoms with E-state index >= 15 is 0 Å². The second-order valence-corrected chi connectivity index (χ2v) is 5.81. The van der Waals surface area contributed by atoms with Gasteiger partial charge in [-0.1, -0.05) is 13.0 Å². The van der Waals surface area contributed by atoms with Gasteiger partial charge in [0, 0.05) is 17.5 Å². The number of thioether (sulfide) groups is 1. The van der Waals surface area contributed by atoms with E-state index in [1.807, 2.05) is 25.1 Å². The summed E-state index contributed by atoms with van der Waals surface area (Å²) in [5.74, 6) is 0.00723. The van der Waals surface area contributed by atoms with E-state index in [0.717, 1.165) is 22.9 Å². The van der Waals surface area contributed by atoms with Crippen LogP contribution in [0.2, 0.25) is 0 Å². The number of anilines is 1. The van der Waals surface area contributed by atoms with E-state index < -0.39 is 5.97 Å². The third kappa shape index (κ3) is 3.04. The van der Waals surface area contributed by atoms with Crippen LogP contribution in [0.25, 0.3) is 0 Å². The van der Waals surface area contributed by atoms with E-state index in [2.05, 4.69) is 11.8 Å². The standard InChI is InChI=1S/C14H19NO3S/c1-3-19-12-6-4-5-11(13(12)14(16)17)15-7-8-18-9-10(15)2/h4-6,10H,3,7-9H2,1-2H3,(H,16,17). The van der Waals surface area contributed by atoms with Crippen molar-refractivity contribution in [1.29, 1.82) is 0 Å². The Morgan fingerprint density at radius 3 is 3.00 bits per heavy atom. The molecule has 1 unspecified atom stereocenters. The lowest BCUT2D eigenvalue weighted by molar-refractivity contribution is 0.0691. The molecule has 0 bridgehead atoms. The summed E-state index contributed by atoms with van der Waals surface area (Å²) in [4.78, 5) is 14.6. The lowest BCUT2D eigenvalue weighted by atomic mass is 10.1. The van der Waals surface area contributed by atoms with E-state index in [4.69, 9.17) is 4.74 Å². The van der Waals surface area contributed by atoms with Gasteiger partial charge in [-0.25, -0.2) is 4.79 Å². The second kappa shape index (κ2) is 6.30. The van der Waals surface area contributed by atoms with E-state index in [9.17, 15) is 9.90 Å². The Kier molecular flexibility index (Phi) is 4.71. The fraction of sp³-hybridized carbons (Fsp3) is 0.500. The topological polar surface area (TPSA) is 49.8 Å². The van der Waals surface area contributed by atoms with Crippen LogP contribution in [0.5, 0.6) is 0 Å². The molecule has 1 aliphatic heterocycles. The summed E-state index contributed by atoms with van der Waals surface area (Å²) in [6.45, 7) is 6.12. The monoisotopic (exact) mass is 281 g/mol. The van der Waals surface area contributed by atoms with E-state index in [1.54, 1.807) is 11.8 Å². The molecule has 1 aliphatic rings. The number of nitrogens with zero attached hydrogens (tertiary/aromatic N) is 1. The largest absolute Gasteiger partial charge is 0.478 e. The minimum Gasteiger partial charge on any atom is -0.478 e. The molecular formula is C14H19NO3S. The highest BCUT2D eigenvalue weighted by molar-refractivity contribution is 7.99. The highest BCUT2D eigenvalue weighted by Crippen LogP contribution is 2.32. The van der Waals surface area contributed by atoms with Crippen molar-refractivity contribution in [2.75, 3.05) is 30.4 Å². The van der Waals surface area contributed by atoms with Gasteiger partial charge >= 0.3 is 5.97 Å². The van der Waals surface area contributed by atoms with Crippen molar-refractivity contribution in [2.45, 2.75) is 24.8 Å². The number of benzene rings is 1. The van der Waals surface area contributed by atoms with Gasteiger partial charge in [-0.15, -0.1) is 11.8 Å². The number of ether oxygens (including phenoxy) is 1. The Balaban J connectivity index is 2.43. The highest BCUT2D eigenvalue weighted by atomic mass is 32.2. The molecule has 0 amide bonds. The lowest BCUT2D eigenvalue weighted by Gasteiger charge is -2.36. The minimum atomic E-state index is -0.856. The van der Waals surface area contributed by atoms with Crippen LogP contribution < -0.4 is 4.90 Å². The Morgan fingerprint density at radius 1 is 1.58 bits per heavy atom. The first-order valence-corrected chi connectivity index (χ1v) is 7.47. The maximum absolute atomic E-state index is 11.6. The number of carboxylic acid groups (broad SMARTS) is 1. The van der Waals surface area contributed by atoms with Crippen molar-refractivity contribution < 1.29 is 14.6 Å². The number of morpholine rings is 1. The minimum absolute atomic E-state index is 0.203. The summed E-state index contributed by atoms with van der Waals surface area (Å²) in [5, 5.41) is 9.52. The van der Waals surface area contributed by atoms with Crippen LogP contribution in [-0.2, 0) is 4.74 Å². The SMILES string of the molecule is CCSc1cccc(N2CCOCC2C)c1C(=O)O. The van der Waals surface area contributed by atoms with Crippen LogP contribution in [0.4, 0.5) is 5.69 Å². The smallest absolute Gasteiger partial charge is 0.338 e. The molecule has 1 N–H and O–H groups in total. The van der Waals surface area contributed by atoms with Crippen molar-refractivity contribution in [3.8, 4) is 0 Å². The van der Waals surface area contributed by atoms with Gasteiger partial charge in [0.1, 0.15) is 0 Å². The summed E-state index contributed by atoms with van der Waals surface area (Å²) >= 11 is 1.57. The van der Waals surface area contributed by atoms with Gasteiger partial charge in [0.25, 0.3) is 0 Å². The summed E-state index contributed by atoms with van der Waals surface area (Å²) in [6.07, 6.45) is 0. The molecule has 1 heterocycles. The van der Waals surface area contributed by atoms with Crippen LogP contribution >= 0.6 is 11.8 Å². The molecule has 0 aromatic heterocycles. The summed E-state index contributed by atoms with van der Waals surface area (Å²) in [7, 11) is 0. The quantitative estimate of drug-likeness (QED) is 0.860. The molecular weight excluding hydrogens is 262 g/mol. The average Bonchev–Trinajstić information content (AvgIpc) is 2.39. The second-order valence-electron chi connectivity index (χ2n) is 4.51. The average molecular weight is 281 g/mol. The number of aromatic carboxylic acids is 1. The molecule has 1 atom stereocenters. The van der Waals surface area contributed by atoms with Gasteiger partial charge in [0.05, 0.1) is 24.5 Å². The number of carbonyl (C=O) groups is 1. The predicted molar refractivity (Wildman–Crippen MR) is 77.4 cm³/mol. The van der Waals surface area contributed by atoms with Gasteiger partial charge < -0.3 is 14.7 Å². The molecule has 1 aromatic rings. The van der Waals surface area contributed by atoms with Crippen molar-refractivity contribution >= 4 is 23.4 Å². The van der Waals surface area contributed by atoms with E-state index in [0.29, 0.717) is 18.8 Å². The maximum atomic E-state index is 11.6. The van der Waals surface area contributed by atoms with Gasteiger partial charge in [0.15, 0.2) is 0 Å². The van der Waals surface area contributed by atoms with Crippen molar-refractivity contribution in [2.24, 2.45) is 0 Å². The maximum Gasteiger partial charge on any atom is 0.338 e. The fourth-order valence-electron chi connectivity index (χ4n) is 2.33. The highest BCUT2D eigenvalue weighted by Gasteiger charge is 2.25. The van der Waals surface area contributed by atoms with Gasteiger partial charge in [0.2, 0.25) is 0 Å². The molecule has 0 aliphatic carbocycles. The molecule has 104 valence electrons. The zero-order valence-corrected chi connectivity index (χ0v) is 12.1. The van der Waals surface area contributed by atoms with Crippen LogP contribution in [0.15, 0.2) is 23.1 Å². The van der Waals surface area contributed by atoms with Crippen LogP contribution in [0, 0.1) is 0 Å². The summed E-state index contributed by atoms with van der Waals surface area (Å²) < 4.78 is 5.42. The molecule has 0 spiro atoms. The normalized spacial score (nSPS) is 19.5. The molecule has 1 saturated heterocycles. The van der Waals surface area contributed by atoms with Gasteiger partial charge in [-0.05, 0) is 24.8 Å². The van der Waals surface area contributed by atoms with Crippen molar-refractivity contribution in [1.82, 2.24) is 0 Å². The summed E-state index contributed by atoms with van der Waals surface area (Å²) in [5.41, 5.74) is 1.23. The van der Waals surface area contributed by atoms with Gasteiger partial charge in [-0.2, -0.15) is 0 Å². The Hall–Kier alpha value is -1.20. The van der Waals surface area contributed by atoms with Crippen molar-refractivity contribution in [3.63, 3.8) is 0 Å². The zero-order chi connectivity index (χ0) is 13.8. The fourth-order valence-corrected chi connectivity index (χ4v) is 3.16. The molecule has 1 fully saturated rings. The zero-order valence-electron chi connectivity index (χ0n) is 11.3. The number of carboxylic acids is 1. The molecule has 19 heavy (non-hydrogen) atoms.